The summed E-state index contributed by atoms with van der Waals surface area (Å²) in [5.74, 6) is -6.00. The molecular weight excluding hydrogens is 553 g/mol. The van der Waals surface area contributed by atoms with E-state index in [1.807, 2.05) is 0 Å². The fourth-order valence-corrected chi connectivity index (χ4v) is 4.03. The quantitative estimate of drug-likeness (QED) is 0.297. The summed E-state index contributed by atoms with van der Waals surface area (Å²) in [6.07, 6.45) is -6.02. The van der Waals surface area contributed by atoms with Crippen LogP contribution in [0.5, 0.6) is 5.75 Å². The van der Waals surface area contributed by atoms with Gasteiger partial charge in [0.2, 0.25) is 0 Å². The SMILES string of the molecule is NC12CCC(NC(=O)COc3cc(F)c4cn[nH]c4c3)(CC1)C[C@@H]2O.O=C(O)C(F)(F)F.O=C(O)C(F)(F)F. The average Bonchev–Trinajstić information content (AvgIpc) is 3.28. The number of carboxylic acids is 2. The first-order valence-corrected chi connectivity index (χ1v) is 10.9. The first-order valence-electron chi connectivity index (χ1n) is 10.9. The van der Waals surface area contributed by atoms with Crippen molar-refractivity contribution in [2.24, 2.45) is 5.73 Å². The minimum Gasteiger partial charge on any atom is -0.484 e. The summed E-state index contributed by atoms with van der Waals surface area (Å²) in [5, 5.41) is 34.3. The molecule has 11 nitrogen and oxygen atoms in total. The molecular formula is C21H23F7N4O7. The molecule has 0 saturated heterocycles. The van der Waals surface area contributed by atoms with Crippen LogP contribution in [0.15, 0.2) is 18.3 Å². The molecule has 0 aliphatic heterocycles. The zero-order valence-corrected chi connectivity index (χ0v) is 19.7. The number of alkyl halides is 6. The minimum absolute atomic E-state index is 0.218. The van der Waals surface area contributed by atoms with Crippen LogP contribution in [-0.4, -0.2) is 79.5 Å². The normalized spacial score (nSPS) is 24.1. The van der Waals surface area contributed by atoms with Crippen LogP contribution >= 0.6 is 0 Å². The largest absolute Gasteiger partial charge is 0.490 e. The Kier molecular flexibility index (Phi) is 9.39. The molecule has 1 heterocycles. The molecule has 1 atom stereocenters. The topological polar surface area (TPSA) is 188 Å². The van der Waals surface area contributed by atoms with Gasteiger partial charge in [0.1, 0.15) is 11.6 Å². The minimum atomic E-state index is -5.08. The van der Waals surface area contributed by atoms with Crippen molar-refractivity contribution >= 4 is 28.7 Å². The number of benzene rings is 1. The number of nitrogens with two attached hydrogens (primary N) is 1. The van der Waals surface area contributed by atoms with Crippen LogP contribution in [0.1, 0.15) is 32.1 Å². The van der Waals surface area contributed by atoms with E-state index in [0.717, 1.165) is 12.8 Å². The number of amides is 1. The number of hydrogen-bond donors (Lipinski definition) is 6. The van der Waals surface area contributed by atoms with Crippen molar-refractivity contribution in [3.8, 4) is 5.75 Å². The summed E-state index contributed by atoms with van der Waals surface area (Å²) >= 11 is 0. The number of aliphatic hydroxyl groups excluding tert-OH is 1. The molecule has 39 heavy (non-hydrogen) atoms. The summed E-state index contributed by atoms with van der Waals surface area (Å²) in [4.78, 5) is 30.1. The first-order chi connectivity index (χ1) is 17.8. The number of hydrogen-bond acceptors (Lipinski definition) is 7. The summed E-state index contributed by atoms with van der Waals surface area (Å²) in [6.45, 7) is -0.218. The summed E-state index contributed by atoms with van der Waals surface area (Å²) in [7, 11) is 0. The van der Waals surface area contributed by atoms with Gasteiger partial charge in [-0.15, -0.1) is 0 Å². The monoisotopic (exact) mass is 576 g/mol. The molecule has 3 aliphatic carbocycles. The zero-order chi connectivity index (χ0) is 29.8. The van der Waals surface area contributed by atoms with E-state index in [-0.39, 0.29) is 18.3 Å². The molecule has 0 unspecified atom stereocenters. The molecule has 18 heteroatoms. The average molecular weight is 576 g/mol. The van der Waals surface area contributed by atoms with Gasteiger partial charge in [0.05, 0.1) is 23.2 Å². The highest BCUT2D eigenvalue weighted by atomic mass is 19.4. The number of aliphatic hydroxyl groups is 1. The molecule has 0 spiro atoms. The number of nitrogens with zero attached hydrogens (tertiary/aromatic N) is 1. The number of aliphatic carboxylic acids is 2. The molecule has 3 aliphatic rings. The van der Waals surface area contributed by atoms with Crippen LogP contribution in [-0.2, 0) is 14.4 Å². The van der Waals surface area contributed by atoms with Gasteiger partial charge in [-0.3, -0.25) is 9.89 Å². The van der Waals surface area contributed by atoms with Crippen molar-refractivity contribution in [2.75, 3.05) is 6.61 Å². The van der Waals surface area contributed by atoms with Crippen LogP contribution in [0.25, 0.3) is 10.9 Å². The van der Waals surface area contributed by atoms with Gasteiger partial charge in [0.15, 0.2) is 6.61 Å². The molecule has 1 amide bonds. The van der Waals surface area contributed by atoms with E-state index in [2.05, 4.69) is 15.5 Å². The van der Waals surface area contributed by atoms with Gasteiger partial charge in [-0.25, -0.2) is 14.0 Å². The molecule has 2 aromatic rings. The van der Waals surface area contributed by atoms with Crippen LogP contribution in [0.3, 0.4) is 0 Å². The fourth-order valence-electron chi connectivity index (χ4n) is 4.03. The van der Waals surface area contributed by atoms with Gasteiger partial charge >= 0.3 is 24.3 Å². The van der Waals surface area contributed by atoms with Crippen molar-refractivity contribution in [2.45, 2.75) is 61.6 Å². The number of carbonyl (C=O) groups excluding carboxylic acids is 1. The highest BCUT2D eigenvalue weighted by Crippen LogP contribution is 2.45. The molecule has 7 N–H and O–H groups in total. The van der Waals surface area contributed by atoms with Gasteiger partial charge < -0.3 is 31.1 Å². The molecule has 5 rings (SSSR count). The third-order valence-electron chi connectivity index (χ3n) is 6.13. The number of aromatic amines is 1. The van der Waals surface area contributed by atoms with Gasteiger partial charge in [0, 0.05) is 23.2 Å². The Labute approximate surface area is 214 Å². The van der Waals surface area contributed by atoms with E-state index in [9.17, 15) is 40.6 Å². The Bertz CT molecular complexity index is 1170. The highest BCUT2D eigenvalue weighted by molar-refractivity contribution is 5.81. The third-order valence-corrected chi connectivity index (χ3v) is 6.13. The van der Waals surface area contributed by atoms with E-state index in [0.29, 0.717) is 30.2 Å². The second-order valence-electron chi connectivity index (χ2n) is 8.91. The molecule has 1 aromatic heterocycles. The summed E-state index contributed by atoms with van der Waals surface area (Å²) in [5.41, 5.74) is 5.76. The first kappa shape index (κ1) is 31.5. The number of rotatable bonds is 4. The number of nitrogens with one attached hydrogen (secondary N) is 2. The van der Waals surface area contributed by atoms with Crippen LogP contribution < -0.4 is 15.8 Å². The summed E-state index contributed by atoms with van der Waals surface area (Å²) in [6, 6.07) is 2.84. The van der Waals surface area contributed by atoms with Crippen molar-refractivity contribution < 1.29 is 65.2 Å². The van der Waals surface area contributed by atoms with E-state index < -0.39 is 47.3 Å². The number of fused-ring (bicyclic) bond motifs is 4. The standard InChI is InChI=1S/C17H21FN4O3.2C2HF3O2/c18-12-5-10(6-13-11(12)8-20-22-13)25-9-15(24)21-16-1-3-17(19,4-2-16)14(23)7-16;2*3-2(4,5)1(6)7/h5-6,8,14,23H,1-4,7,9,19H2,(H,20,22)(H,21,24);2*(H,6,7)/t14-,16?,17?;;/m0../s1. The maximum Gasteiger partial charge on any atom is 0.490 e. The van der Waals surface area contributed by atoms with E-state index in [4.69, 9.17) is 30.3 Å². The predicted molar refractivity (Wildman–Crippen MR) is 116 cm³/mol. The Balaban J connectivity index is 0.000000317. The molecule has 0 radical (unpaired) electrons. The highest BCUT2D eigenvalue weighted by Gasteiger charge is 2.52. The van der Waals surface area contributed by atoms with Crippen LogP contribution in [0.4, 0.5) is 30.7 Å². The van der Waals surface area contributed by atoms with E-state index in [1.165, 1.54) is 12.3 Å². The number of ether oxygens (including phenoxy) is 1. The molecule has 218 valence electrons. The van der Waals surface area contributed by atoms with Gasteiger partial charge in [-0.2, -0.15) is 31.4 Å². The number of carbonyl (C=O) groups is 3. The maximum atomic E-state index is 13.9. The van der Waals surface area contributed by atoms with E-state index >= 15 is 0 Å². The Hall–Kier alpha value is -3.67. The van der Waals surface area contributed by atoms with Gasteiger partial charge in [-0.05, 0) is 32.1 Å². The van der Waals surface area contributed by atoms with Crippen LogP contribution in [0.2, 0.25) is 0 Å². The number of halogens is 7. The Morgan fingerprint density at radius 1 is 1.05 bits per heavy atom. The van der Waals surface area contributed by atoms with E-state index in [1.54, 1.807) is 6.07 Å². The van der Waals surface area contributed by atoms with Gasteiger partial charge in [0.25, 0.3) is 5.91 Å². The Morgan fingerprint density at radius 2 is 1.56 bits per heavy atom. The Morgan fingerprint density at radius 3 is 2.03 bits per heavy atom. The fraction of sp³-hybridized carbons (Fsp3) is 0.524. The zero-order valence-electron chi connectivity index (χ0n) is 19.7. The predicted octanol–water partition coefficient (Wildman–Crippen LogP) is 2.24. The van der Waals surface area contributed by atoms with Crippen molar-refractivity contribution in [1.82, 2.24) is 15.5 Å². The lowest BCUT2D eigenvalue weighted by atomic mass is 9.60. The molecule has 3 saturated carbocycles. The maximum absolute atomic E-state index is 13.9. The smallest absolute Gasteiger partial charge is 0.484 e. The third kappa shape index (κ3) is 8.41. The van der Waals surface area contributed by atoms with Gasteiger partial charge in [-0.1, -0.05) is 0 Å². The second-order valence-corrected chi connectivity index (χ2v) is 8.91. The molecule has 3 fully saturated rings. The van der Waals surface area contributed by atoms with Crippen molar-refractivity contribution in [1.29, 1.82) is 0 Å². The lowest BCUT2D eigenvalue weighted by molar-refractivity contribution is -0.193. The van der Waals surface area contributed by atoms with Crippen molar-refractivity contribution in [3.05, 3.63) is 24.1 Å². The number of H-pyrrole nitrogens is 1. The lowest BCUT2D eigenvalue weighted by Crippen LogP contribution is -2.68. The molecule has 1 aromatic carbocycles. The summed E-state index contributed by atoms with van der Waals surface area (Å²) < 4.78 is 82.8. The molecule has 2 bridgehead atoms. The number of carboxylic acid groups (broad SMARTS) is 2. The lowest BCUT2D eigenvalue weighted by Gasteiger charge is -2.54. The van der Waals surface area contributed by atoms with Crippen molar-refractivity contribution in [3.63, 3.8) is 0 Å². The number of aromatic nitrogens is 2. The van der Waals surface area contributed by atoms with Crippen LogP contribution in [0, 0.1) is 5.82 Å². The second kappa shape index (κ2) is 11.6.